The van der Waals surface area contributed by atoms with E-state index in [0.29, 0.717) is 10.6 Å². The van der Waals surface area contributed by atoms with Crippen LogP contribution in [0.3, 0.4) is 0 Å². The number of nitro groups is 1. The van der Waals surface area contributed by atoms with Crippen LogP contribution in [0, 0.1) is 10.1 Å². The van der Waals surface area contributed by atoms with Crippen LogP contribution in [0.1, 0.15) is 12.5 Å². The number of nitro benzene ring substituents is 1. The first kappa shape index (κ1) is 20.6. The van der Waals surface area contributed by atoms with Crippen molar-refractivity contribution in [3.63, 3.8) is 0 Å². The van der Waals surface area contributed by atoms with Gasteiger partial charge in [-0.15, -0.1) is 0 Å². The number of nitrogens with one attached hydrogen (secondary N) is 2. The monoisotopic (exact) mass is 436 g/mol. The van der Waals surface area contributed by atoms with Gasteiger partial charge in [-0.25, -0.2) is 4.79 Å². The highest BCUT2D eigenvalue weighted by Crippen LogP contribution is 2.31. The molecule has 2 N–H and O–H groups in total. The molecule has 29 heavy (non-hydrogen) atoms. The van der Waals surface area contributed by atoms with Gasteiger partial charge in [0.2, 0.25) is 5.91 Å². The van der Waals surface area contributed by atoms with E-state index in [2.05, 4.69) is 10.6 Å². The van der Waals surface area contributed by atoms with Crippen LogP contribution < -0.4 is 10.6 Å². The minimum Gasteiger partial charge on any atom is -0.323 e. The molecule has 0 spiro atoms. The molecule has 1 saturated heterocycles. The number of amides is 4. The van der Waals surface area contributed by atoms with Crippen LogP contribution in [0.4, 0.5) is 16.2 Å². The molecule has 0 saturated carbocycles. The van der Waals surface area contributed by atoms with Gasteiger partial charge in [-0.1, -0.05) is 35.3 Å². The fraction of sp³-hybridized carbons (Fsp3) is 0.167. The Bertz CT molecular complexity index is 1040. The van der Waals surface area contributed by atoms with Crippen LogP contribution >= 0.6 is 23.2 Å². The second-order valence-electron chi connectivity index (χ2n) is 6.43. The van der Waals surface area contributed by atoms with Gasteiger partial charge in [0.1, 0.15) is 12.1 Å². The molecule has 1 aliphatic heterocycles. The number of hydrogen-bond donors (Lipinski definition) is 2. The molecule has 150 valence electrons. The highest BCUT2D eigenvalue weighted by atomic mass is 35.5. The van der Waals surface area contributed by atoms with Crippen molar-refractivity contribution in [3.8, 4) is 0 Å². The Morgan fingerprint density at radius 3 is 2.62 bits per heavy atom. The maximum absolute atomic E-state index is 12.9. The second-order valence-corrected chi connectivity index (χ2v) is 7.27. The number of imide groups is 1. The SMILES string of the molecule is CC1(c2cccc(Cl)c2)NC(=O)N(CC(=O)Nc2cc([N+](=O)[O-])ccc2Cl)C1=O. The van der Waals surface area contributed by atoms with Gasteiger partial charge in [-0.3, -0.25) is 24.6 Å². The summed E-state index contributed by atoms with van der Waals surface area (Å²) in [4.78, 5) is 48.5. The number of nitrogens with zero attached hydrogens (tertiary/aromatic N) is 2. The Balaban J connectivity index is 1.78. The number of rotatable bonds is 5. The first-order valence-corrected chi connectivity index (χ1v) is 9.01. The molecule has 1 atom stereocenters. The fourth-order valence-corrected chi connectivity index (χ4v) is 3.25. The summed E-state index contributed by atoms with van der Waals surface area (Å²) in [5.41, 5.74) is -1.19. The molecular weight excluding hydrogens is 423 g/mol. The molecule has 11 heteroatoms. The highest BCUT2D eigenvalue weighted by Gasteiger charge is 2.49. The van der Waals surface area contributed by atoms with Crippen molar-refractivity contribution in [3.05, 3.63) is 68.2 Å². The quantitative estimate of drug-likeness (QED) is 0.422. The zero-order valence-electron chi connectivity index (χ0n) is 14.9. The molecule has 1 fully saturated rings. The number of anilines is 1. The van der Waals surface area contributed by atoms with Crippen molar-refractivity contribution < 1.29 is 19.3 Å². The largest absolute Gasteiger partial charge is 0.325 e. The molecule has 1 heterocycles. The number of halogens is 2. The van der Waals surface area contributed by atoms with E-state index in [0.717, 1.165) is 11.0 Å². The van der Waals surface area contributed by atoms with Crippen LogP contribution in [0.2, 0.25) is 10.0 Å². The summed E-state index contributed by atoms with van der Waals surface area (Å²) >= 11 is 11.9. The first-order chi connectivity index (χ1) is 13.6. The zero-order chi connectivity index (χ0) is 21.3. The van der Waals surface area contributed by atoms with Gasteiger partial charge >= 0.3 is 6.03 Å². The lowest BCUT2D eigenvalue weighted by Gasteiger charge is -2.22. The Hall–Kier alpha value is -3.17. The van der Waals surface area contributed by atoms with E-state index in [1.54, 1.807) is 24.3 Å². The summed E-state index contributed by atoms with van der Waals surface area (Å²) in [6.45, 7) is 0.911. The van der Waals surface area contributed by atoms with Crippen molar-refractivity contribution >= 4 is 52.4 Å². The topological polar surface area (TPSA) is 122 Å². The summed E-state index contributed by atoms with van der Waals surface area (Å²) in [5.74, 6) is -1.38. The number of non-ortho nitro benzene ring substituents is 1. The van der Waals surface area contributed by atoms with Crippen LogP contribution in [0.5, 0.6) is 0 Å². The van der Waals surface area contributed by atoms with Crippen LogP contribution in [-0.4, -0.2) is 34.2 Å². The van der Waals surface area contributed by atoms with E-state index in [1.165, 1.54) is 19.1 Å². The van der Waals surface area contributed by atoms with Crippen LogP contribution in [0.25, 0.3) is 0 Å². The van der Waals surface area contributed by atoms with Crippen molar-refractivity contribution in [2.75, 3.05) is 11.9 Å². The van der Waals surface area contributed by atoms with Gasteiger partial charge in [0.15, 0.2) is 0 Å². The summed E-state index contributed by atoms with van der Waals surface area (Å²) in [5, 5.41) is 16.3. The standard InChI is InChI=1S/C18H14Cl2N4O5/c1-18(10-3-2-4-11(19)7-10)16(26)23(17(27)22-18)9-15(25)21-14-8-12(24(28)29)5-6-13(14)20/h2-8H,9H2,1H3,(H,21,25)(H,22,27). The molecule has 0 radical (unpaired) electrons. The van der Waals surface area contributed by atoms with E-state index in [1.807, 2.05) is 0 Å². The third-order valence-electron chi connectivity index (χ3n) is 4.41. The summed E-state index contributed by atoms with van der Waals surface area (Å²) in [6.07, 6.45) is 0. The maximum Gasteiger partial charge on any atom is 0.325 e. The molecule has 3 rings (SSSR count). The van der Waals surface area contributed by atoms with Gasteiger partial charge in [0.05, 0.1) is 15.6 Å². The summed E-state index contributed by atoms with van der Waals surface area (Å²) < 4.78 is 0. The average Bonchev–Trinajstić information content (AvgIpc) is 2.87. The maximum atomic E-state index is 12.9. The molecule has 0 aromatic heterocycles. The van der Waals surface area contributed by atoms with E-state index < -0.39 is 34.9 Å². The minimum atomic E-state index is -1.38. The van der Waals surface area contributed by atoms with Crippen LogP contribution in [0.15, 0.2) is 42.5 Å². The number of hydrogen-bond acceptors (Lipinski definition) is 5. The Labute approximate surface area is 174 Å². The minimum absolute atomic E-state index is 0.00414. The summed E-state index contributed by atoms with van der Waals surface area (Å²) in [6, 6.07) is 9.24. The van der Waals surface area contributed by atoms with Crippen molar-refractivity contribution in [2.24, 2.45) is 0 Å². The molecule has 2 aromatic carbocycles. The fourth-order valence-electron chi connectivity index (χ4n) is 2.89. The number of urea groups is 1. The zero-order valence-corrected chi connectivity index (χ0v) is 16.5. The van der Waals surface area contributed by atoms with E-state index in [9.17, 15) is 24.5 Å². The lowest BCUT2D eigenvalue weighted by molar-refractivity contribution is -0.384. The molecule has 9 nitrogen and oxygen atoms in total. The molecule has 1 aliphatic rings. The van der Waals surface area contributed by atoms with Crippen molar-refractivity contribution in [2.45, 2.75) is 12.5 Å². The predicted molar refractivity (Wildman–Crippen MR) is 106 cm³/mol. The molecule has 0 aliphatic carbocycles. The van der Waals surface area contributed by atoms with Crippen molar-refractivity contribution in [1.82, 2.24) is 10.2 Å². The highest BCUT2D eigenvalue weighted by molar-refractivity contribution is 6.33. The Kier molecular flexibility index (Phi) is 5.45. The molecule has 0 bridgehead atoms. The van der Waals surface area contributed by atoms with Gasteiger partial charge in [0, 0.05) is 17.2 Å². The normalized spacial score (nSPS) is 18.5. The second kappa shape index (κ2) is 7.69. The lowest BCUT2D eigenvalue weighted by atomic mass is 9.92. The number of benzene rings is 2. The van der Waals surface area contributed by atoms with Gasteiger partial charge in [0.25, 0.3) is 11.6 Å². The first-order valence-electron chi connectivity index (χ1n) is 8.26. The number of carbonyl (C=O) groups excluding carboxylic acids is 3. The van der Waals surface area contributed by atoms with Gasteiger partial charge < -0.3 is 10.6 Å². The van der Waals surface area contributed by atoms with Gasteiger partial charge in [-0.2, -0.15) is 0 Å². The third-order valence-corrected chi connectivity index (χ3v) is 4.98. The van der Waals surface area contributed by atoms with E-state index in [-0.39, 0.29) is 16.4 Å². The average molecular weight is 437 g/mol. The van der Waals surface area contributed by atoms with Crippen molar-refractivity contribution in [1.29, 1.82) is 0 Å². The summed E-state index contributed by atoms with van der Waals surface area (Å²) in [7, 11) is 0. The number of carbonyl (C=O) groups is 3. The molecule has 4 amide bonds. The third kappa shape index (κ3) is 4.01. The van der Waals surface area contributed by atoms with E-state index >= 15 is 0 Å². The predicted octanol–water partition coefficient (Wildman–Crippen LogP) is 3.31. The van der Waals surface area contributed by atoms with Crippen LogP contribution in [-0.2, 0) is 15.1 Å². The van der Waals surface area contributed by atoms with E-state index in [4.69, 9.17) is 23.2 Å². The Morgan fingerprint density at radius 1 is 1.24 bits per heavy atom. The van der Waals surface area contributed by atoms with Gasteiger partial charge in [-0.05, 0) is 30.7 Å². The molecule has 2 aromatic rings. The smallest absolute Gasteiger partial charge is 0.323 e. The molecular formula is C18H14Cl2N4O5. The lowest BCUT2D eigenvalue weighted by Crippen LogP contribution is -2.42. The molecule has 1 unspecified atom stereocenters. The Morgan fingerprint density at radius 2 is 1.97 bits per heavy atom.